The molecule has 0 bridgehead atoms. The van der Waals surface area contributed by atoms with Gasteiger partial charge in [-0.1, -0.05) is 4.32 Å². The van der Waals surface area contributed by atoms with Crippen LogP contribution in [0, 0.1) is 0 Å². The van der Waals surface area contributed by atoms with Crippen LogP contribution in [0.15, 0.2) is 24.3 Å². The topological polar surface area (TPSA) is 68.8 Å². The third-order valence-corrected chi connectivity index (χ3v) is 1.32. The minimum Gasteiger partial charge on any atom is -0.508 e. The van der Waals surface area contributed by atoms with Gasteiger partial charge in [-0.3, -0.25) is 0 Å². The van der Waals surface area contributed by atoms with Crippen LogP contribution in [-0.4, -0.2) is 9.43 Å². The fourth-order valence-electron chi connectivity index (χ4n) is 0.663. The number of quaternary nitrogens is 1. The van der Waals surface area contributed by atoms with Gasteiger partial charge in [-0.25, -0.2) is 0 Å². The predicted molar refractivity (Wildman–Crippen MR) is 57.7 cm³/mol. The number of phenolic OH excluding ortho intramolecular Hbond substituents is 1. The van der Waals surface area contributed by atoms with Gasteiger partial charge in [0.05, 0.1) is 0 Å². The van der Waals surface area contributed by atoms with E-state index in [1.165, 1.54) is 0 Å². The molecule has 5 heteroatoms. The zero-order chi connectivity index (χ0) is 8.27. The number of thiocarbonyl (C=S) groups is 1. The Labute approximate surface area is 81.8 Å². The van der Waals surface area contributed by atoms with Crippen LogP contribution >= 0.6 is 12.2 Å². The lowest BCUT2D eigenvalue weighted by molar-refractivity contribution is 0.475. The van der Waals surface area contributed by atoms with Crippen molar-refractivity contribution >= 4 is 34.9 Å². The molecule has 0 aromatic heterocycles. The van der Waals surface area contributed by atoms with Gasteiger partial charge in [0.15, 0.2) is 0 Å². The normalized spacial score (nSPS) is 8.33. The summed E-state index contributed by atoms with van der Waals surface area (Å²) in [5.41, 5.74) is 0.794. The van der Waals surface area contributed by atoms with Crippen LogP contribution in [0.5, 0.6) is 5.75 Å². The summed E-state index contributed by atoms with van der Waals surface area (Å²) >= 11 is 9.30. The van der Waals surface area contributed by atoms with Crippen molar-refractivity contribution in [3.05, 3.63) is 24.3 Å². The summed E-state index contributed by atoms with van der Waals surface area (Å²) in [6, 6.07) is 6.54. The number of hydrogen-bond donors (Lipinski definition) is 3. The molecule has 0 radical (unpaired) electrons. The molecular formula is C7H10N2OS2. The number of rotatable bonds is 1. The van der Waals surface area contributed by atoms with Gasteiger partial charge in [-0.05, 0) is 24.3 Å². The molecule has 0 saturated heterocycles. The molecule has 0 aliphatic heterocycles. The Morgan fingerprint density at radius 3 is 2.25 bits per heavy atom. The number of benzene rings is 1. The Hall–Kier alpha value is -0.910. The SMILES string of the molecule is Oc1ccc(NC(=S)[S-])cc1.[NH4+]. The van der Waals surface area contributed by atoms with E-state index >= 15 is 0 Å². The predicted octanol–water partition coefficient (Wildman–Crippen LogP) is 2.01. The maximum Gasteiger partial charge on any atom is 0.115 e. The summed E-state index contributed by atoms with van der Waals surface area (Å²) in [6.45, 7) is 0. The molecule has 0 unspecified atom stereocenters. The van der Waals surface area contributed by atoms with Crippen molar-refractivity contribution < 1.29 is 5.11 Å². The maximum atomic E-state index is 8.90. The second kappa shape index (κ2) is 4.87. The summed E-state index contributed by atoms with van der Waals surface area (Å²) in [4.78, 5) is 0. The zero-order valence-corrected chi connectivity index (χ0v) is 8.21. The maximum absolute atomic E-state index is 8.90. The van der Waals surface area contributed by atoms with Crippen LogP contribution in [0.1, 0.15) is 0 Å². The number of aromatic hydroxyl groups is 1. The standard InChI is InChI=1S/C7H7NOS2.H3N/c9-6-3-1-5(2-4-6)8-7(10)11;/h1-4,9H,(H2,8,10,11);1H3. The number of anilines is 1. The first-order chi connectivity index (χ1) is 5.18. The van der Waals surface area contributed by atoms with E-state index in [1.807, 2.05) is 0 Å². The van der Waals surface area contributed by atoms with E-state index in [-0.39, 0.29) is 11.9 Å². The molecule has 3 nitrogen and oxygen atoms in total. The lowest BCUT2D eigenvalue weighted by Crippen LogP contribution is -2.03. The molecule has 0 fully saturated rings. The number of hydrogen-bond acceptors (Lipinski definition) is 3. The van der Waals surface area contributed by atoms with Gasteiger partial charge in [0.1, 0.15) is 5.75 Å². The highest BCUT2D eigenvalue weighted by atomic mass is 32.1. The molecule has 0 saturated carbocycles. The van der Waals surface area contributed by atoms with Crippen molar-refractivity contribution in [1.29, 1.82) is 0 Å². The third-order valence-electron chi connectivity index (χ3n) is 1.11. The highest BCUT2D eigenvalue weighted by Gasteiger charge is 1.88. The second-order valence-electron chi connectivity index (χ2n) is 1.96. The van der Waals surface area contributed by atoms with Crippen molar-refractivity contribution in [2.24, 2.45) is 0 Å². The Balaban J connectivity index is 0.00000121. The fourth-order valence-corrected chi connectivity index (χ4v) is 0.898. The Morgan fingerprint density at radius 1 is 1.33 bits per heavy atom. The summed E-state index contributed by atoms with van der Waals surface area (Å²) in [7, 11) is 0. The van der Waals surface area contributed by atoms with E-state index in [0.29, 0.717) is 4.32 Å². The molecule has 0 amide bonds. The van der Waals surface area contributed by atoms with Crippen molar-refractivity contribution in [1.82, 2.24) is 6.15 Å². The van der Waals surface area contributed by atoms with Crippen LogP contribution in [0.2, 0.25) is 0 Å². The van der Waals surface area contributed by atoms with Gasteiger partial charge in [-0.2, -0.15) is 0 Å². The van der Waals surface area contributed by atoms with Gasteiger partial charge in [0, 0.05) is 5.69 Å². The van der Waals surface area contributed by atoms with Gasteiger partial charge in [-0.15, -0.1) is 0 Å². The van der Waals surface area contributed by atoms with E-state index < -0.39 is 0 Å². The molecule has 1 aromatic carbocycles. The lowest BCUT2D eigenvalue weighted by Gasteiger charge is -2.08. The Morgan fingerprint density at radius 2 is 1.83 bits per heavy atom. The van der Waals surface area contributed by atoms with Crippen LogP contribution in [0.25, 0.3) is 0 Å². The van der Waals surface area contributed by atoms with Crippen LogP contribution in [0.3, 0.4) is 0 Å². The first kappa shape index (κ1) is 11.1. The molecule has 0 atom stereocenters. The third kappa shape index (κ3) is 3.47. The highest BCUT2D eigenvalue weighted by Crippen LogP contribution is 2.13. The molecule has 0 aliphatic rings. The molecule has 0 aliphatic carbocycles. The van der Waals surface area contributed by atoms with Crippen molar-refractivity contribution in [2.75, 3.05) is 5.32 Å². The van der Waals surface area contributed by atoms with Crippen molar-refractivity contribution in [3.63, 3.8) is 0 Å². The summed E-state index contributed by atoms with van der Waals surface area (Å²) in [6.07, 6.45) is 0. The van der Waals surface area contributed by atoms with Crippen molar-refractivity contribution in [3.8, 4) is 5.75 Å². The first-order valence-corrected chi connectivity index (χ1v) is 3.77. The molecule has 12 heavy (non-hydrogen) atoms. The van der Waals surface area contributed by atoms with Gasteiger partial charge in [0.2, 0.25) is 0 Å². The van der Waals surface area contributed by atoms with Gasteiger partial charge in [0.25, 0.3) is 0 Å². The molecule has 1 aromatic rings. The number of phenols is 1. The summed E-state index contributed by atoms with van der Waals surface area (Å²) in [5.74, 6) is 0.228. The monoisotopic (exact) mass is 202 g/mol. The largest absolute Gasteiger partial charge is 0.508 e. The van der Waals surface area contributed by atoms with Gasteiger partial charge < -0.3 is 41.4 Å². The van der Waals surface area contributed by atoms with E-state index in [2.05, 4.69) is 30.2 Å². The highest BCUT2D eigenvalue weighted by molar-refractivity contribution is 8.00. The Kier molecular flexibility index (Phi) is 4.50. The van der Waals surface area contributed by atoms with Crippen LogP contribution in [-0.2, 0) is 12.6 Å². The van der Waals surface area contributed by atoms with Crippen LogP contribution < -0.4 is 11.5 Å². The van der Waals surface area contributed by atoms with Gasteiger partial charge >= 0.3 is 0 Å². The summed E-state index contributed by atoms with van der Waals surface area (Å²) in [5, 5.41) is 11.7. The van der Waals surface area contributed by atoms with E-state index in [1.54, 1.807) is 24.3 Å². The second-order valence-corrected chi connectivity index (χ2v) is 3.03. The van der Waals surface area contributed by atoms with E-state index in [9.17, 15) is 0 Å². The molecule has 1 rings (SSSR count). The molecule has 0 spiro atoms. The zero-order valence-electron chi connectivity index (χ0n) is 6.57. The van der Waals surface area contributed by atoms with Crippen LogP contribution in [0.4, 0.5) is 5.69 Å². The quantitative estimate of drug-likeness (QED) is 0.370. The average Bonchev–Trinajstić information content (AvgIpc) is 1.93. The Bertz CT molecular complexity index is 261. The minimum atomic E-state index is 0. The minimum absolute atomic E-state index is 0. The number of nitrogens with one attached hydrogen (secondary N) is 1. The van der Waals surface area contributed by atoms with E-state index in [0.717, 1.165) is 5.69 Å². The first-order valence-electron chi connectivity index (χ1n) is 2.95. The fraction of sp³-hybridized carbons (Fsp3) is 0. The molecule has 0 heterocycles. The molecule has 66 valence electrons. The molecule has 6 N–H and O–H groups in total. The average molecular weight is 202 g/mol. The van der Waals surface area contributed by atoms with Crippen molar-refractivity contribution in [2.45, 2.75) is 0 Å². The molecular weight excluding hydrogens is 192 g/mol. The van der Waals surface area contributed by atoms with E-state index in [4.69, 9.17) is 5.11 Å². The lowest BCUT2D eigenvalue weighted by atomic mass is 10.3. The summed E-state index contributed by atoms with van der Waals surface area (Å²) < 4.78 is 0.302. The smallest absolute Gasteiger partial charge is 0.115 e.